The van der Waals surface area contributed by atoms with Gasteiger partial charge in [-0.25, -0.2) is 0 Å². The van der Waals surface area contributed by atoms with Gasteiger partial charge in [-0.15, -0.1) is 0 Å². The van der Waals surface area contributed by atoms with Crippen LogP contribution in [0.4, 0.5) is 0 Å². The zero-order valence-corrected chi connectivity index (χ0v) is 25.8. The van der Waals surface area contributed by atoms with Crippen LogP contribution in [-0.4, -0.2) is 29.7 Å². The lowest BCUT2D eigenvalue weighted by molar-refractivity contribution is -0.276. The first kappa shape index (κ1) is 30.2. The molecule has 44 heavy (non-hydrogen) atoms. The summed E-state index contributed by atoms with van der Waals surface area (Å²) in [6, 6.07) is 40.4. The zero-order chi connectivity index (χ0) is 30.6. The molecule has 0 saturated carbocycles. The molecule has 5 heteroatoms. The first-order chi connectivity index (χ1) is 21.4. The summed E-state index contributed by atoms with van der Waals surface area (Å²) < 4.78 is 13.5. The monoisotopic (exact) mass is 586 g/mol. The van der Waals surface area contributed by atoms with Gasteiger partial charge in [0, 0.05) is 30.6 Å². The van der Waals surface area contributed by atoms with E-state index in [1.54, 1.807) is 0 Å². The van der Waals surface area contributed by atoms with Crippen molar-refractivity contribution >= 4 is 10.8 Å². The van der Waals surface area contributed by atoms with Crippen molar-refractivity contribution in [2.24, 2.45) is 11.7 Å². The second kappa shape index (κ2) is 13.4. The first-order valence-electron chi connectivity index (χ1n) is 15.5. The van der Waals surface area contributed by atoms with Crippen molar-refractivity contribution in [3.63, 3.8) is 0 Å². The van der Waals surface area contributed by atoms with Gasteiger partial charge in [-0.2, -0.15) is 0 Å². The molecule has 226 valence electrons. The number of likely N-dealkylation sites (N-methyl/N-ethyl adjacent to an activating group) is 1. The highest BCUT2D eigenvalue weighted by molar-refractivity contribution is 5.83. The average Bonchev–Trinajstić information content (AvgIpc) is 3.08. The summed E-state index contributed by atoms with van der Waals surface area (Å²) in [5.41, 5.74) is 13.5. The second-order valence-corrected chi connectivity index (χ2v) is 12.1. The molecule has 0 aromatic heterocycles. The van der Waals surface area contributed by atoms with E-state index in [0.29, 0.717) is 6.54 Å². The third-order valence-corrected chi connectivity index (χ3v) is 9.19. The molecule has 1 heterocycles. The van der Waals surface area contributed by atoms with E-state index in [-0.39, 0.29) is 30.8 Å². The predicted octanol–water partition coefficient (Wildman–Crippen LogP) is 7.94. The molecule has 0 bridgehead atoms. The zero-order valence-electron chi connectivity index (χ0n) is 25.8. The Morgan fingerprint density at radius 1 is 0.750 bits per heavy atom. The SMILES string of the molecule is C[C@@H]1[C@H](CN(C)[C@H](C)c2ccc3ccccc3c2)O[C@H](c2ccc(-c3cccc(CN)c3)cc2)O[C@@H]1c1ccc(CO)cc1. The highest BCUT2D eigenvalue weighted by Crippen LogP contribution is 2.42. The van der Waals surface area contributed by atoms with Gasteiger partial charge in [-0.3, -0.25) is 4.90 Å². The van der Waals surface area contributed by atoms with E-state index in [1.165, 1.54) is 16.3 Å². The van der Waals surface area contributed by atoms with Crippen molar-refractivity contribution in [1.82, 2.24) is 4.90 Å². The van der Waals surface area contributed by atoms with E-state index in [9.17, 15) is 5.11 Å². The van der Waals surface area contributed by atoms with Gasteiger partial charge in [0.1, 0.15) is 0 Å². The number of nitrogens with zero attached hydrogens (tertiary/aromatic N) is 1. The Bertz CT molecular complexity index is 1680. The summed E-state index contributed by atoms with van der Waals surface area (Å²) in [4.78, 5) is 2.38. The lowest BCUT2D eigenvalue weighted by Crippen LogP contribution is -2.44. The molecule has 1 aliphatic heterocycles. The van der Waals surface area contributed by atoms with Crippen molar-refractivity contribution in [2.75, 3.05) is 13.6 Å². The van der Waals surface area contributed by atoms with Crippen LogP contribution >= 0.6 is 0 Å². The van der Waals surface area contributed by atoms with Gasteiger partial charge in [0.2, 0.25) is 0 Å². The largest absolute Gasteiger partial charge is 0.392 e. The normalized spacial score (nSPS) is 21.0. The number of rotatable bonds is 9. The molecule has 5 aromatic rings. The van der Waals surface area contributed by atoms with Gasteiger partial charge in [-0.1, -0.05) is 110 Å². The van der Waals surface area contributed by atoms with Crippen LogP contribution in [0, 0.1) is 5.92 Å². The quantitative estimate of drug-likeness (QED) is 0.184. The lowest BCUT2D eigenvalue weighted by atomic mass is 9.89. The fraction of sp³-hybridized carbons (Fsp3) is 0.282. The van der Waals surface area contributed by atoms with Crippen molar-refractivity contribution in [2.45, 2.75) is 51.5 Å². The van der Waals surface area contributed by atoms with E-state index in [2.05, 4.69) is 117 Å². The number of aliphatic hydroxyl groups is 1. The fourth-order valence-corrected chi connectivity index (χ4v) is 6.20. The highest BCUT2D eigenvalue weighted by atomic mass is 16.7. The average molecular weight is 587 g/mol. The number of hydrogen-bond acceptors (Lipinski definition) is 5. The number of nitrogens with two attached hydrogens (primary N) is 1. The van der Waals surface area contributed by atoms with Crippen LogP contribution in [0.5, 0.6) is 0 Å². The van der Waals surface area contributed by atoms with Crippen molar-refractivity contribution in [1.29, 1.82) is 0 Å². The molecule has 5 atom stereocenters. The van der Waals surface area contributed by atoms with E-state index < -0.39 is 6.29 Å². The molecule has 1 aliphatic rings. The Morgan fingerprint density at radius 2 is 1.48 bits per heavy atom. The van der Waals surface area contributed by atoms with E-state index in [1.807, 2.05) is 24.3 Å². The maximum Gasteiger partial charge on any atom is 0.184 e. The van der Waals surface area contributed by atoms with Gasteiger partial charge in [0.15, 0.2) is 6.29 Å². The Labute approximate surface area is 260 Å². The number of ether oxygens (including phenoxy) is 2. The number of fused-ring (bicyclic) bond motifs is 1. The maximum absolute atomic E-state index is 9.60. The third kappa shape index (κ3) is 6.48. The molecule has 6 rings (SSSR count). The third-order valence-electron chi connectivity index (χ3n) is 9.19. The Morgan fingerprint density at radius 3 is 2.20 bits per heavy atom. The highest BCUT2D eigenvalue weighted by Gasteiger charge is 2.39. The van der Waals surface area contributed by atoms with Crippen LogP contribution in [0.1, 0.15) is 60.1 Å². The Kier molecular flexibility index (Phi) is 9.22. The lowest BCUT2D eigenvalue weighted by Gasteiger charge is -2.43. The molecule has 0 spiro atoms. The summed E-state index contributed by atoms with van der Waals surface area (Å²) in [6.45, 7) is 5.77. The molecule has 0 amide bonds. The molecular formula is C39H42N2O3. The minimum atomic E-state index is -0.507. The van der Waals surface area contributed by atoms with Gasteiger partial charge in [-0.05, 0) is 70.3 Å². The van der Waals surface area contributed by atoms with Gasteiger partial charge in [0.05, 0.1) is 18.8 Å². The van der Waals surface area contributed by atoms with Crippen molar-refractivity contribution < 1.29 is 14.6 Å². The summed E-state index contributed by atoms with van der Waals surface area (Å²) in [5, 5.41) is 12.1. The maximum atomic E-state index is 9.60. The van der Waals surface area contributed by atoms with Crippen LogP contribution in [0.2, 0.25) is 0 Å². The van der Waals surface area contributed by atoms with Crippen LogP contribution in [-0.2, 0) is 22.6 Å². The molecule has 1 saturated heterocycles. The fourth-order valence-electron chi connectivity index (χ4n) is 6.20. The molecule has 5 aromatic carbocycles. The topological polar surface area (TPSA) is 68.0 Å². The molecule has 1 fully saturated rings. The smallest absolute Gasteiger partial charge is 0.184 e. The summed E-state index contributed by atoms with van der Waals surface area (Å²) in [5.74, 6) is 0.107. The van der Waals surface area contributed by atoms with E-state index in [0.717, 1.165) is 39.9 Å². The molecule has 5 nitrogen and oxygen atoms in total. The van der Waals surface area contributed by atoms with Crippen LogP contribution in [0.25, 0.3) is 21.9 Å². The van der Waals surface area contributed by atoms with E-state index >= 15 is 0 Å². The first-order valence-corrected chi connectivity index (χ1v) is 15.5. The number of benzene rings is 5. The summed E-state index contributed by atoms with van der Waals surface area (Å²) in [7, 11) is 2.18. The number of aliphatic hydroxyl groups excluding tert-OH is 1. The van der Waals surface area contributed by atoms with Crippen molar-refractivity contribution in [3.05, 3.63) is 143 Å². The minimum absolute atomic E-state index is 0.0215. The van der Waals surface area contributed by atoms with E-state index in [4.69, 9.17) is 15.2 Å². The minimum Gasteiger partial charge on any atom is -0.392 e. The molecule has 3 N–H and O–H groups in total. The molecule has 0 aliphatic carbocycles. The van der Waals surface area contributed by atoms with Gasteiger partial charge >= 0.3 is 0 Å². The molecule has 0 unspecified atom stereocenters. The van der Waals surface area contributed by atoms with Crippen LogP contribution < -0.4 is 5.73 Å². The number of hydrogen-bond donors (Lipinski definition) is 2. The second-order valence-electron chi connectivity index (χ2n) is 12.1. The molecule has 0 radical (unpaired) electrons. The predicted molar refractivity (Wildman–Crippen MR) is 178 cm³/mol. The standard InChI is InChI=1S/C39H42N2O3/c1-26-37(24-41(3)27(2)34-20-17-30-8-4-5-9-36(30)22-34)43-39(44-38(26)32-13-11-28(25-42)12-14-32)33-18-15-31(16-19-33)35-10-6-7-29(21-35)23-40/h4-22,26-27,37-39,42H,23-25,40H2,1-3H3/t26-,27-,37+,38+,39+/m1/s1. The van der Waals surface area contributed by atoms with Gasteiger partial charge in [0.25, 0.3) is 0 Å². The Balaban J connectivity index is 1.26. The van der Waals surface area contributed by atoms with Crippen LogP contribution in [0.3, 0.4) is 0 Å². The van der Waals surface area contributed by atoms with Crippen molar-refractivity contribution in [3.8, 4) is 11.1 Å². The van der Waals surface area contributed by atoms with Gasteiger partial charge < -0.3 is 20.3 Å². The summed E-state index contributed by atoms with van der Waals surface area (Å²) >= 11 is 0. The molecular weight excluding hydrogens is 544 g/mol. The Hall–Kier alpha value is -3.84. The van der Waals surface area contributed by atoms with Crippen LogP contribution in [0.15, 0.2) is 115 Å². The summed E-state index contributed by atoms with van der Waals surface area (Å²) in [6.07, 6.45) is -0.727.